The first-order valence-electron chi connectivity index (χ1n) is 9.13. The zero-order chi connectivity index (χ0) is 21.0. The van der Waals surface area contributed by atoms with Gasteiger partial charge in [0.25, 0.3) is 5.91 Å². The van der Waals surface area contributed by atoms with Gasteiger partial charge in [-0.1, -0.05) is 17.7 Å². The van der Waals surface area contributed by atoms with Gasteiger partial charge in [0, 0.05) is 17.8 Å². The van der Waals surface area contributed by atoms with Crippen LogP contribution in [0.2, 0.25) is 0 Å². The van der Waals surface area contributed by atoms with Gasteiger partial charge in [0.05, 0.1) is 19.9 Å². The van der Waals surface area contributed by atoms with Gasteiger partial charge in [-0.3, -0.25) is 4.79 Å². The Morgan fingerprint density at radius 2 is 1.69 bits per heavy atom. The van der Waals surface area contributed by atoms with Crippen molar-refractivity contribution < 1.29 is 14.3 Å². The van der Waals surface area contributed by atoms with E-state index in [-0.39, 0.29) is 11.6 Å². The van der Waals surface area contributed by atoms with Crippen LogP contribution in [-0.2, 0) is 0 Å². The number of nitrogens with zero attached hydrogens (tertiary/aromatic N) is 2. The number of nitrogens with one attached hydrogen (secondary N) is 2. The molecule has 29 heavy (non-hydrogen) atoms. The number of methoxy groups -OCH3 is 2. The fourth-order valence-corrected chi connectivity index (χ4v) is 2.94. The lowest BCUT2D eigenvalue weighted by Gasteiger charge is -2.13. The van der Waals surface area contributed by atoms with Gasteiger partial charge < -0.3 is 20.1 Å². The van der Waals surface area contributed by atoms with Crippen molar-refractivity contribution in [2.45, 2.75) is 20.8 Å². The second-order valence-electron chi connectivity index (χ2n) is 6.65. The molecule has 150 valence electrons. The predicted molar refractivity (Wildman–Crippen MR) is 113 cm³/mol. The van der Waals surface area contributed by atoms with E-state index in [4.69, 9.17) is 9.47 Å². The van der Waals surface area contributed by atoms with Crippen molar-refractivity contribution in [3.05, 3.63) is 65.1 Å². The van der Waals surface area contributed by atoms with Crippen molar-refractivity contribution in [2.24, 2.45) is 0 Å². The topological polar surface area (TPSA) is 85.4 Å². The van der Waals surface area contributed by atoms with Gasteiger partial charge >= 0.3 is 0 Å². The third-order valence-electron chi connectivity index (χ3n) is 4.37. The lowest BCUT2D eigenvalue weighted by atomic mass is 10.1. The standard InChI is InChI=1S/C22H24N4O3/c1-13-6-8-17(14(2)10-13)25-21-12-19(23-15(3)24-21)22(27)26-18-11-16(28-4)7-9-20(18)29-5/h6-12H,1-5H3,(H,26,27)(H,23,24,25). The van der Waals surface area contributed by atoms with Gasteiger partial charge in [-0.2, -0.15) is 0 Å². The van der Waals surface area contributed by atoms with E-state index in [2.05, 4.69) is 26.7 Å². The number of ether oxygens (including phenoxy) is 2. The summed E-state index contributed by atoms with van der Waals surface area (Å²) in [5.74, 6) is 1.80. The van der Waals surface area contributed by atoms with Crippen molar-refractivity contribution in [3.63, 3.8) is 0 Å². The molecule has 1 heterocycles. The number of hydrogen-bond donors (Lipinski definition) is 2. The molecule has 3 aromatic rings. The third-order valence-corrected chi connectivity index (χ3v) is 4.37. The van der Waals surface area contributed by atoms with Gasteiger partial charge in [0.2, 0.25) is 0 Å². The summed E-state index contributed by atoms with van der Waals surface area (Å²) in [7, 11) is 3.10. The first-order valence-corrected chi connectivity index (χ1v) is 9.13. The highest BCUT2D eigenvalue weighted by molar-refractivity contribution is 6.04. The number of carbonyl (C=O) groups excluding carboxylic acids is 1. The number of aryl methyl sites for hydroxylation is 3. The first-order chi connectivity index (χ1) is 13.9. The minimum Gasteiger partial charge on any atom is -0.497 e. The summed E-state index contributed by atoms with van der Waals surface area (Å²) in [4.78, 5) is 21.5. The molecule has 2 N–H and O–H groups in total. The summed E-state index contributed by atoms with van der Waals surface area (Å²) in [5, 5.41) is 6.09. The quantitative estimate of drug-likeness (QED) is 0.646. The third kappa shape index (κ3) is 4.82. The molecule has 0 radical (unpaired) electrons. The van der Waals surface area contributed by atoms with Crippen LogP contribution in [0.25, 0.3) is 0 Å². The Labute approximate surface area is 170 Å². The molecular weight excluding hydrogens is 368 g/mol. The number of carbonyl (C=O) groups is 1. The van der Waals surface area contributed by atoms with Crippen LogP contribution in [0.1, 0.15) is 27.4 Å². The maximum atomic E-state index is 12.8. The summed E-state index contributed by atoms with van der Waals surface area (Å²) in [6, 6.07) is 12.9. The van der Waals surface area contributed by atoms with E-state index in [1.54, 1.807) is 38.3 Å². The van der Waals surface area contributed by atoms with Crippen LogP contribution in [-0.4, -0.2) is 30.1 Å². The monoisotopic (exact) mass is 392 g/mol. The van der Waals surface area contributed by atoms with Gasteiger partial charge in [0.15, 0.2) is 0 Å². The first kappa shape index (κ1) is 20.1. The Morgan fingerprint density at radius 1 is 0.897 bits per heavy atom. The highest BCUT2D eigenvalue weighted by Gasteiger charge is 2.14. The summed E-state index contributed by atoms with van der Waals surface area (Å²) < 4.78 is 10.5. The minimum absolute atomic E-state index is 0.245. The number of aromatic nitrogens is 2. The van der Waals surface area contributed by atoms with Crippen LogP contribution in [0, 0.1) is 20.8 Å². The molecular formula is C22H24N4O3. The number of benzene rings is 2. The maximum absolute atomic E-state index is 12.8. The van der Waals surface area contributed by atoms with E-state index >= 15 is 0 Å². The highest BCUT2D eigenvalue weighted by atomic mass is 16.5. The predicted octanol–water partition coefficient (Wildman–Crippen LogP) is 4.41. The maximum Gasteiger partial charge on any atom is 0.274 e. The van der Waals surface area contributed by atoms with Crippen molar-refractivity contribution in [1.82, 2.24) is 9.97 Å². The van der Waals surface area contributed by atoms with Crippen molar-refractivity contribution >= 4 is 23.1 Å². The number of rotatable bonds is 6. The Hall–Kier alpha value is -3.61. The van der Waals surface area contributed by atoms with Gasteiger partial charge in [-0.05, 0) is 44.5 Å². The normalized spacial score (nSPS) is 10.4. The van der Waals surface area contributed by atoms with E-state index in [9.17, 15) is 4.79 Å². The molecule has 7 heteroatoms. The van der Waals surface area contributed by atoms with Gasteiger partial charge in [-0.25, -0.2) is 9.97 Å². The summed E-state index contributed by atoms with van der Waals surface area (Å²) in [6.07, 6.45) is 0. The zero-order valence-corrected chi connectivity index (χ0v) is 17.2. The van der Waals surface area contributed by atoms with Crippen molar-refractivity contribution in [3.8, 4) is 11.5 Å². The molecule has 0 saturated carbocycles. The molecule has 0 atom stereocenters. The fraction of sp³-hybridized carbons (Fsp3) is 0.227. The Bertz CT molecular complexity index is 1050. The number of anilines is 3. The molecule has 0 unspecified atom stereocenters. The van der Waals surface area contributed by atoms with Gasteiger partial charge in [0.1, 0.15) is 28.8 Å². The average Bonchev–Trinajstić information content (AvgIpc) is 2.69. The van der Waals surface area contributed by atoms with E-state index in [1.807, 2.05) is 26.0 Å². The largest absolute Gasteiger partial charge is 0.497 e. The molecule has 0 aliphatic heterocycles. The molecule has 0 spiro atoms. The van der Waals surface area contributed by atoms with Crippen LogP contribution in [0.15, 0.2) is 42.5 Å². The van der Waals surface area contributed by atoms with Crippen molar-refractivity contribution in [2.75, 3.05) is 24.9 Å². The van der Waals surface area contributed by atoms with Gasteiger partial charge in [-0.15, -0.1) is 0 Å². The fourth-order valence-electron chi connectivity index (χ4n) is 2.94. The molecule has 0 saturated heterocycles. The van der Waals surface area contributed by atoms with E-state index in [0.717, 1.165) is 11.3 Å². The molecule has 1 amide bonds. The highest BCUT2D eigenvalue weighted by Crippen LogP contribution is 2.29. The minimum atomic E-state index is -0.370. The molecule has 2 aromatic carbocycles. The van der Waals surface area contributed by atoms with E-state index in [1.165, 1.54) is 12.7 Å². The molecule has 1 aromatic heterocycles. The lowest BCUT2D eigenvalue weighted by molar-refractivity contribution is 0.102. The summed E-state index contributed by atoms with van der Waals surface area (Å²) in [6.45, 7) is 5.81. The zero-order valence-electron chi connectivity index (χ0n) is 17.2. The Kier molecular flexibility index (Phi) is 5.97. The molecule has 7 nitrogen and oxygen atoms in total. The second-order valence-corrected chi connectivity index (χ2v) is 6.65. The number of amides is 1. The van der Waals surface area contributed by atoms with E-state index in [0.29, 0.717) is 28.8 Å². The summed E-state index contributed by atoms with van der Waals surface area (Å²) in [5.41, 5.74) is 3.94. The molecule has 3 rings (SSSR count). The van der Waals surface area contributed by atoms with Crippen LogP contribution in [0.5, 0.6) is 11.5 Å². The van der Waals surface area contributed by atoms with Crippen LogP contribution < -0.4 is 20.1 Å². The van der Waals surface area contributed by atoms with Crippen LogP contribution in [0.4, 0.5) is 17.2 Å². The van der Waals surface area contributed by atoms with Crippen LogP contribution in [0.3, 0.4) is 0 Å². The van der Waals surface area contributed by atoms with Crippen molar-refractivity contribution in [1.29, 1.82) is 0 Å². The molecule has 0 aliphatic carbocycles. The van der Waals surface area contributed by atoms with Crippen LogP contribution >= 0.6 is 0 Å². The van der Waals surface area contributed by atoms with E-state index < -0.39 is 0 Å². The second kappa shape index (κ2) is 8.60. The molecule has 0 bridgehead atoms. The lowest BCUT2D eigenvalue weighted by Crippen LogP contribution is -2.16. The Balaban J connectivity index is 1.86. The Morgan fingerprint density at radius 3 is 2.38 bits per heavy atom. The number of hydrogen-bond acceptors (Lipinski definition) is 6. The average molecular weight is 392 g/mol. The smallest absolute Gasteiger partial charge is 0.274 e. The summed E-state index contributed by atoms with van der Waals surface area (Å²) >= 11 is 0. The SMILES string of the molecule is COc1ccc(OC)c(NC(=O)c2cc(Nc3ccc(C)cc3C)nc(C)n2)c1. The molecule has 0 fully saturated rings. The molecule has 0 aliphatic rings.